The van der Waals surface area contributed by atoms with Crippen molar-refractivity contribution in [1.82, 2.24) is 3.71 Å². The summed E-state index contributed by atoms with van der Waals surface area (Å²) < 4.78 is 2.59. The van der Waals surface area contributed by atoms with Crippen molar-refractivity contribution in [3.8, 4) is 0 Å². The minimum absolute atomic E-state index is 0.883. The smallest absolute Gasteiger partial charge is 0.0662 e. The van der Waals surface area contributed by atoms with E-state index in [1.807, 2.05) is 0 Å². The lowest BCUT2D eigenvalue weighted by Crippen LogP contribution is -2.27. The Hall–Kier alpha value is 2.76. The molecule has 0 aromatic carbocycles. The van der Waals surface area contributed by atoms with Crippen LogP contribution in [0.4, 0.5) is 0 Å². The fraction of sp³-hybridized carbons (Fsp3) is 1.00. The van der Waals surface area contributed by atoms with Gasteiger partial charge in [-0.3, -0.25) is 0 Å². The van der Waals surface area contributed by atoms with E-state index in [-0.39, 0.29) is 0 Å². The zero-order chi connectivity index (χ0) is 15.0. The third-order valence-electron chi connectivity index (χ3n) is 3.35. The summed E-state index contributed by atoms with van der Waals surface area (Å²) in [6.07, 6.45) is 0. The maximum absolute atomic E-state index is 2.59. The van der Waals surface area contributed by atoms with E-state index in [9.17, 15) is 0 Å². The van der Waals surface area contributed by atoms with Crippen molar-refractivity contribution in [3.05, 3.63) is 0 Å². The van der Waals surface area contributed by atoms with Gasteiger partial charge in [-0.15, -0.1) is 23.5 Å². The summed E-state index contributed by atoms with van der Waals surface area (Å²) >= 11 is 17.0. The molecule has 0 saturated carbocycles. The highest BCUT2D eigenvalue weighted by Crippen LogP contribution is 2.39. The molecule has 9 heteroatoms. The van der Waals surface area contributed by atoms with E-state index in [1.165, 1.54) is 57.0 Å². The molecule has 0 N–H and O–H groups in total. The van der Waals surface area contributed by atoms with Crippen molar-refractivity contribution < 1.29 is 0 Å². The van der Waals surface area contributed by atoms with Crippen LogP contribution in [-0.2, 0) is 0 Å². The number of rotatable bonds is 12. The molecule has 3 fully saturated rings. The van der Waals surface area contributed by atoms with E-state index < -0.39 is 0 Å². The molecule has 3 aliphatic rings. The molecule has 0 amide bonds. The quantitative estimate of drug-likeness (QED) is 0.227. The lowest BCUT2D eigenvalue weighted by Gasteiger charge is -2.32. The van der Waals surface area contributed by atoms with Crippen LogP contribution >= 0.6 is 94.5 Å². The largest absolute Gasteiger partial charge is 0.184 e. The van der Waals surface area contributed by atoms with E-state index in [1.54, 1.807) is 0 Å². The Kier molecular flexibility index (Phi) is 10.2. The van der Waals surface area contributed by atoms with Gasteiger partial charge in [0, 0.05) is 66.9 Å². The molecule has 0 aliphatic carbocycles. The van der Waals surface area contributed by atoms with E-state index >= 15 is 0 Å². The van der Waals surface area contributed by atoms with Crippen molar-refractivity contribution in [2.45, 2.75) is 15.7 Å². The van der Waals surface area contributed by atoms with Crippen LogP contribution in [-0.4, -0.2) is 76.4 Å². The minimum atomic E-state index is 0.883. The van der Waals surface area contributed by atoms with Gasteiger partial charge in [-0.2, -0.15) is 50.8 Å². The van der Waals surface area contributed by atoms with Crippen molar-refractivity contribution in [3.63, 3.8) is 0 Å². The molecular formula is C13H23NS8. The van der Waals surface area contributed by atoms with Crippen molar-refractivity contribution in [2.75, 3.05) is 57.0 Å². The second kappa shape index (κ2) is 11.5. The molecule has 3 heterocycles. The van der Waals surface area contributed by atoms with E-state index in [2.05, 4.69) is 98.2 Å². The fourth-order valence-corrected chi connectivity index (χ4v) is 11.8. The lowest BCUT2D eigenvalue weighted by molar-refractivity contribution is 0.876. The molecule has 0 aromatic rings. The topological polar surface area (TPSA) is 3.24 Å². The number of thioether (sulfide) groups is 6. The van der Waals surface area contributed by atoms with Crippen LogP contribution in [0, 0.1) is 0 Å². The number of hydrogen-bond donors (Lipinski definition) is 0. The number of hydrogen-bond acceptors (Lipinski definition) is 9. The minimum Gasteiger partial charge on any atom is -0.184 e. The molecule has 128 valence electrons. The average Bonchev–Trinajstić information content (AvgIpc) is 2.36. The summed E-state index contributed by atoms with van der Waals surface area (Å²) in [6, 6.07) is 0. The zero-order valence-corrected chi connectivity index (χ0v) is 19.0. The van der Waals surface area contributed by atoms with Crippen LogP contribution in [0.1, 0.15) is 0 Å². The average molecular weight is 450 g/mol. The van der Waals surface area contributed by atoms with Crippen LogP contribution in [0.2, 0.25) is 0 Å². The highest BCUT2D eigenvalue weighted by molar-refractivity contribution is 8.18. The molecule has 0 aromatic heterocycles. The normalized spacial score (nSPS) is 23.3. The molecule has 1 nitrogen and oxygen atoms in total. The molecule has 0 atom stereocenters. The van der Waals surface area contributed by atoms with Gasteiger partial charge in [0.25, 0.3) is 0 Å². The van der Waals surface area contributed by atoms with Gasteiger partial charge in [-0.1, -0.05) is 23.9 Å². The maximum Gasteiger partial charge on any atom is 0.0662 e. The zero-order valence-electron chi connectivity index (χ0n) is 12.5. The third-order valence-corrected chi connectivity index (χ3v) is 15.1. The molecular weight excluding hydrogens is 427 g/mol. The SMILES string of the molecule is C(CSN(CSC1CSC1)SC1CSC1)SCSC1CSC1. The summed E-state index contributed by atoms with van der Waals surface area (Å²) in [6.45, 7) is 0. The molecule has 22 heavy (non-hydrogen) atoms. The second-order valence-electron chi connectivity index (χ2n) is 5.24. The highest BCUT2D eigenvalue weighted by atomic mass is 32.2. The van der Waals surface area contributed by atoms with Crippen molar-refractivity contribution in [2.24, 2.45) is 0 Å². The Bertz CT molecular complexity index is 308. The summed E-state index contributed by atoms with van der Waals surface area (Å²) in [7, 11) is 0. The Morgan fingerprint density at radius 2 is 1.41 bits per heavy atom. The first-order valence-electron chi connectivity index (χ1n) is 7.51. The van der Waals surface area contributed by atoms with E-state index in [0.29, 0.717) is 0 Å². The molecule has 3 aliphatic heterocycles. The fourth-order valence-electron chi connectivity index (χ4n) is 1.73. The van der Waals surface area contributed by atoms with Crippen molar-refractivity contribution in [1.29, 1.82) is 0 Å². The summed E-state index contributed by atoms with van der Waals surface area (Å²) in [5, 5.41) is 4.07. The Morgan fingerprint density at radius 3 is 2.00 bits per heavy atom. The van der Waals surface area contributed by atoms with E-state index in [4.69, 9.17) is 0 Å². The highest BCUT2D eigenvalue weighted by Gasteiger charge is 2.25. The molecule has 0 bridgehead atoms. The van der Waals surface area contributed by atoms with Gasteiger partial charge < -0.3 is 0 Å². The lowest BCUT2D eigenvalue weighted by atomic mass is 10.5. The van der Waals surface area contributed by atoms with Crippen LogP contribution in [0.3, 0.4) is 0 Å². The van der Waals surface area contributed by atoms with Crippen LogP contribution in [0.25, 0.3) is 0 Å². The summed E-state index contributed by atoms with van der Waals surface area (Å²) in [4.78, 5) is 0. The van der Waals surface area contributed by atoms with Gasteiger partial charge in [0.15, 0.2) is 0 Å². The Labute approximate surface area is 169 Å². The van der Waals surface area contributed by atoms with Gasteiger partial charge in [-0.25, -0.2) is 0 Å². The standard InChI is InChI=1S/C13H23NS8/c1(15-10-20-12-5-17-6-12)2-21-14(22-13-7-18-8-13)9-19-11-3-16-4-11/h11-13H,1-10H2. The predicted molar refractivity (Wildman–Crippen MR) is 123 cm³/mol. The van der Waals surface area contributed by atoms with Gasteiger partial charge in [0.2, 0.25) is 0 Å². The van der Waals surface area contributed by atoms with Gasteiger partial charge >= 0.3 is 0 Å². The molecule has 0 spiro atoms. The third kappa shape index (κ3) is 7.17. The predicted octanol–water partition coefficient (Wildman–Crippen LogP) is 5.05. The first kappa shape index (κ1) is 19.5. The van der Waals surface area contributed by atoms with Gasteiger partial charge in [0.1, 0.15) is 0 Å². The summed E-state index contributed by atoms with van der Waals surface area (Å²) in [5.41, 5.74) is 0. The van der Waals surface area contributed by atoms with Crippen LogP contribution in [0.15, 0.2) is 0 Å². The Balaban J connectivity index is 1.23. The van der Waals surface area contributed by atoms with Crippen LogP contribution < -0.4 is 0 Å². The monoisotopic (exact) mass is 449 g/mol. The first-order chi connectivity index (χ1) is 10.9. The molecule has 3 rings (SSSR count). The van der Waals surface area contributed by atoms with Crippen molar-refractivity contribution >= 4 is 94.5 Å². The van der Waals surface area contributed by atoms with Crippen LogP contribution in [0.5, 0.6) is 0 Å². The Morgan fingerprint density at radius 1 is 0.773 bits per heavy atom. The summed E-state index contributed by atoms with van der Waals surface area (Å²) in [5.74, 6) is 12.0. The maximum atomic E-state index is 2.59. The first-order valence-corrected chi connectivity index (χ1v) is 16.0. The van der Waals surface area contributed by atoms with Gasteiger partial charge in [0.05, 0.1) is 5.88 Å². The number of nitrogens with zero attached hydrogens (tertiary/aromatic N) is 1. The molecule has 3 saturated heterocycles. The van der Waals surface area contributed by atoms with E-state index in [0.717, 1.165) is 15.7 Å². The second-order valence-corrected chi connectivity index (χ2v) is 15.1. The molecule has 0 unspecified atom stereocenters. The van der Waals surface area contributed by atoms with Gasteiger partial charge in [-0.05, 0) is 0 Å². The molecule has 0 radical (unpaired) electrons.